The van der Waals surface area contributed by atoms with Gasteiger partial charge in [0.15, 0.2) is 0 Å². The highest BCUT2D eigenvalue weighted by Gasteiger charge is 2.46. The molecule has 0 aliphatic carbocycles. The summed E-state index contributed by atoms with van der Waals surface area (Å²) in [6, 6.07) is 7.29. The quantitative estimate of drug-likeness (QED) is 0.597. The van der Waals surface area contributed by atoms with E-state index in [1.807, 2.05) is 19.1 Å². The van der Waals surface area contributed by atoms with Gasteiger partial charge in [0.1, 0.15) is 0 Å². The lowest BCUT2D eigenvalue weighted by molar-refractivity contribution is -0.137. The number of benzene rings is 1. The summed E-state index contributed by atoms with van der Waals surface area (Å²) in [6.45, 7) is 2.56. The fraction of sp³-hybridized carbons (Fsp3) is 0.455. The third-order valence-corrected chi connectivity index (χ3v) is 6.16. The van der Waals surface area contributed by atoms with Crippen LogP contribution in [0, 0.1) is 5.41 Å². The molecule has 3 amide bonds. The second-order valence-corrected chi connectivity index (χ2v) is 8.03. The van der Waals surface area contributed by atoms with Crippen LogP contribution in [0.4, 0.5) is 16.4 Å². The van der Waals surface area contributed by atoms with E-state index in [9.17, 15) is 19.5 Å². The molecular formula is C22H30N6O4. The first-order valence-electron chi connectivity index (χ1n) is 10.7. The van der Waals surface area contributed by atoms with Crippen LogP contribution >= 0.6 is 0 Å². The average Bonchev–Trinajstić information content (AvgIpc) is 3.36. The van der Waals surface area contributed by atoms with Gasteiger partial charge in [-0.2, -0.15) is 0 Å². The van der Waals surface area contributed by atoms with Crippen molar-refractivity contribution in [1.29, 1.82) is 0 Å². The van der Waals surface area contributed by atoms with Gasteiger partial charge in [0.25, 0.3) is 0 Å². The molecular weight excluding hydrogens is 412 g/mol. The number of nitrogens with two attached hydrogens (primary N) is 1. The van der Waals surface area contributed by atoms with Gasteiger partial charge in [0.05, 0.1) is 12.0 Å². The normalized spacial score (nSPS) is 15.3. The molecule has 10 heteroatoms. The summed E-state index contributed by atoms with van der Waals surface area (Å²) in [7, 11) is 1.61. The number of carboxylic acid groups (broad SMARTS) is 1. The van der Waals surface area contributed by atoms with E-state index >= 15 is 0 Å². The Morgan fingerprint density at radius 2 is 1.88 bits per heavy atom. The summed E-state index contributed by atoms with van der Waals surface area (Å²) in [6.07, 6.45) is 3.51. The molecule has 32 heavy (non-hydrogen) atoms. The fourth-order valence-electron chi connectivity index (χ4n) is 4.13. The van der Waals surface area contributed by atoms with Gasteiger partial charge in [0.2, 0.25) is 17.8 Å². The first kappa shape index (κ1) is 23.3. The highest BCUT2D eigenvalue weighted by Crippen LogP contribution is 2.37. The van der Waals surface area contributed by atoms with Gasteiger partial charge in [-0.15, -0.1) is 0 Å². The fourth-order valence-corrected chi connectivity index (χ4v) is 4.13. The molecule has 1 aromatic carbocycles. The van der Waals surface area contributed by atoms with Crippen LogP contribution in [0.15, 0.2) is 36.7 Å². The maximum absolute atomic E-state index is 13.7. The zero-order valence-corrected chi connectivity index (χ0v) is 18.5. The second-order valence-electron chi connectivity index (χ2n) is 8.03. The van der Waals surface area contributed by atoms with Gasteiger partial charge in [-0.05, 0) is 37.0 Å². The number of carbonyl (C=O) groups is 3. The molecule has 1 fully saturated rings. The third kappa shape index (κ3) is 4.75. The van der Waals surface area contributed by atoms with Crippen molar-refractivity contribution in [3.05, 3.63) is 42.2 Å². The summed E-state index contributed by atoms with van der Waals surface area (Å²) in [4.78, 5) is 49.3. The highest BCUT2D eigenvalue weighted by atomic mass is 16.4. The summed E-state index contributed by atoms with van der Waals surface area (Å²) < 4.78 is 0. The molecule has 1 aromatic heterocycles. The van der Waals surface area contributed by atoms with Gasteiger partial charge < -0.3 is 20.7 Å². The van der Waals surface area contributed by atoms with E-state index in [2.05, 4.69) is 9.97 Å². The lowest BCUT2D eigenvalue weighted by Gasteiger charge is -2.43. The highest BCUT2D eigenvalue weighted by molar-refractivity contribution is 5.98. The van der Waals surface area contributed by atoms with Crippen LogP contribution in [0.1, 0.15) is 25.3 Å². The smallest absolute Gasteiger partial charge is 0.411 e. The van der Waals surface area contributed by atoms with E-state index in [0.717, 1.165) is 12.0 Å². The number of aromatic nitrogens is 2. The summed E-state index contributed by atoms with van der Waals surface area (Å²) in [5.74, 6) is -0.0524. The number of nitrogens with zero attached hydrogens (tertiary/aromatic N) is 4. The van der Waals surface area contributed by atoms with E-state index in [-0.39, 0.29) is 24.9 Å². The van der Waals surface area contributed by atoms with Crippen LogP contribution in [-0.2, 0) is 16.0 Å². The Labute approximate surface area is 187 Å². The van der Waals surface area contributed by atoms with Crippen molar-refractivity contribution >= 4 is 29.5 Å². The van der Waals surface area contributed by atoms with Crippen LogP contribution in [0.3, 0.4) is 0 Å². The largest absolute Gasteiger partial charge is 0.465 e. The first-order valence-corrected chi connectivity index (χ1v) is 10.7. The molecule has 0 atom stereocenters. The number of hydrogen-bond acceptors (Lipinski definition) is 5. The van der Waals surface area contributed by atoms with Gasteiger partial charge in [-0.25, -0.2) is 9.78 Å². The number of imidazole rings is 1. The van der Waals surface area contributed by atoms with Gasteiger partial charge in [0, 0.05) is 44.8 Å². The number of likely N-dealkylation sites (tertiary alicyclic amines) is 1. The van der Waals surface area contributed by atoms with Crippen LogP contribution < -0.4 is 15.5 Å². The molecule has 1 aliphatic rings. The minimum atomic E-state index is -1.14. The summed E-state index contributed by atoms with van der Waals surface area (Å²) in [5, 5.41) is 9.98. The third-order valence-electron chi connectivity index (χ3n) is 6.16. The number of anilines is 2. The molecule has 0 spiro atoms. The van der Waals surface area contributed by atoms with Crippen molar-refractivity contribution in [1.82, 2.24) is 14.9 Å². The van der Waals surface area contributed by atoms with Crippen LogP contribution in [0.25, 0.3) is 0 Å². The Kier molecular flexibility index (Phi) is 7.14. The molecule has 0 radical (unpaired) electrons. The predicted molar refractivity (Wildman–Crippen MR) is 120 cm³/mol. The molecule has 2 aromatic rings. The number of H-pyrrole nitrogens is 1. The first-order chi connectivity index (χ1) is 15.3. The number of carbonyl (C=O) groups excluding carboxylic acids is 2. The van der Waals surface area contributed by atoms with Crippen molar-refractivity contribution in [2.45, 2.75) is 26.2 Å². The van der Waals surface area contributed by atoms with Crippen molar-refractivity contribution in [2.24, 2.45) is 11.1 Å². The Balaban J connectivity index is 1.92. The Morgan fingerprint density at radius 1 is 1.22 bits per heavy atom. The summed E-state index contributed by atoms with van der Waals surface area (Å²) in [5.41, 5.74) is 6.08. The monoisotopic (exact) mass is 442 g/mol. The van der Waals surface area contributed by atoms with E-state index < -0.39 is 11.5 Å². The van der Waals surface area contributed by atoms with E-state index in [4.69, 9.17) is 5.73 Å². The maximum Gasteiger partial charge on any atom is 0.411 e. The van der Waals surface area contributed by atoms with Crippen molar-refractivity contribution < 1.29 is 19.5 Å². The average molecular weight is 443 g/mol. The lowest BCUT2D eigenvalue weighted by Crippen LogP contribution is -2.56. The molecule has 0 bridgehead atoms. The SMILES string of the molecule is CCc1ccc(N(CC2(C(=O)N(C)c3ncc[nH]3)CCN(C(=O)CN)CC2)C(=O)O)cc1. The van der Waals surface area contributed by atoms with Gasteiger partial charge in [-0.1, -0.05) is 19.1 Å². The molecule has 4 N–H and O–H groups in total. The van der Waals surface area contributed by atoms with Crippen molar-refractivity contribution in [3.8, 4) is 0 Å². The summed E-state index contributed by atoms with van der Waals surface area (Å²) >= 11 is 0. The number of piperidine rings is 1. The van der Waals surface area contributed by atoms with Crippen LogP contribution in [-0.4, -0.2) is 71.1 Å². The second kappa shape index (κ2) is 9.82. The van der Waals surface area contributed by atoms with E-state index in [1.54, 1.807) is 36.5 Å². The molecule has 2 heterocycles. The number of nitrogens with one attached hydrogen (secondary N) is 1. The topological polar surface area (TPSA) is 136 Å². The van der Waals surface area contributed by atoms with Crippen molar-refractivity contribution in [2.75, 3.05) is 43.0 Å². The Hall–Kier alpha value is -3.40. The Bertz CT molecular complexity index is 936. The van der Waals surface area contributed by atoms with E-state index in [0.29, 0.717) is 37.6 Å². The minimum absolute atomic E-state index is 0.0255. The zero-order valence-electron chi connectivity index (χ0n) is 18.5. The molecule has 3 rings (SSSR count). The van der Waals surface area contributed by atoms with Gasteiger partial charge in [-0.3, -0.25) is 19.4 Å². The number of aromatic amines is 1. The number of rotatable bonds is 7. The molecule has 172 valence electrons. The maximum atomic E-state index is 13.7. The van der Waals surface area contributed by atoms with Gasteiger partial charge >= 0.3 is 6.09 Å². The molecule has 0 unspecified atom stereocenters. The lowest BCUT2D eigenvalue weighted by atomic mass is 9.76. The molecule has 1 aliphatic heterocycles. The van der Waals surface area contributed by atoms with Crippen LogP contribution in [0.5, 0.6) is 0 Å². The molecule has 0 saturated carbocycles. The molecule has 1 saturated heterocycles. The van der Waals surface area contributed by atoms with E-state index in [1.165, 1.54) is 9.80 Å². The predicted octanol–water partition coefficient (Wildman–Crippen LogP) is 1.69. The number of aryl methyl sites for hydroxylation is 1. The van der Waals surface area contributed by atoms with Crippen LogP contribution in [0.2, 0.25) is 0 Å². The standard InChI is InChI=1S/C22H30N6O4/c1-3-16-4-6-17(7-5-16)28(21(31)32)15-22(8-12-27(13-9-22)18(29)14-23)19(30)26(2)20-24-10-11-25-20/h4-7,10-11H,3,8-9,12-15,23H2,1-2H3,(H,24,25)(H,31,32). The molecule has 10 nitrogen and oxygen atoms in total. The number of hydrogen-bond donors (Lipinski definition) is 3. The Morgan fingerprint density at radius 3 is 2.38 bits per heavy atom. The number of amides is 3. The van der Waals surface area contributed by atoms with Crippen molar-refractivity contribution in [3.63, 3.8) is 0 Å². The minimum Gasteiger partial charge on any atom is -0.465 e. The zero-order chi connectivity index (χ0) is 23.3.